The van der Waals surface area contributed by atoms with Gasteiger partial charge in [0, 0.05) is 12.6 Å². The summed E-state index contributed by atoms with van der Waals surface area (Å²) in [6.07, 6.45) is 0. The lowest BCUT2D eigenvalue weighted by molar-refractivity contribution is -0.385. The summed E-state index contributed by atoms with van der Waals surface area (Å²) in [5, 5.41) is 14.3. The first-order chi connectivity index (χ1) is 9.47. The van der Waals surface area contributed by atoms with Crippen molar-refractivity contribution in [2.45, 2.75) is 13.5 Å². The third-order valence-electron chi connectivity index (χ3n) is 2.84. The Morgan fingerprint density at radius 2 is 2.10 bits per heavy atom. The second kappa shape index (κ2) is 5.88. The van der Waals surface area contributed by atoms with Crippen LogP contribution in [0.4, 0.5) is 15.8 Å². The summed E-state index contributed by atoms with van der Waals surface area (Å²) in [5.41, 5.74) is 1.90. The molecule has 20 heavy (non-hydrogen) atoms. The van der Waals surface area contributed by atoms with Crippen LogP contribution in [0.5, 0.6) is 0 Å². The molecule has 0 saturated carbocycles. The minimum atomic E-state index is -0.633. The van der Waals surface area contributed by atoms with E-state index in [0.717, 1.165) is 17.3 Å². The number of anilines is 1. The Morgan fingerprint density at radius 1 is 1.35 bits per heavy atom. The predicted molar refractivity (Wildman–Crippen MR) is 76.6 cm³/mol. The zero-order chi connectivity index (χ0) is 14.7. The van der Waals surface area contributed by atoms with Gasteiger partial charge in [-0.15, -0.1) is 0 Å². The molecule has 0 spiro atoms. The van der Waals surface area contributed by atoms with Gasteiger partial charge >= 0.3 is 0 Å². The van der Waals surface area contributed by atoms with E-state index in [1.165, 1.54) is 12.1 Å². The Labute approximate surface area is 120 Å². The van der Waals surface area contributed by atoms with Gasteiger partial charge in [-0.25, -0.2) is 4.39 Å². The van der Waals surface area contributed by atoms with Crippen LogP contribution in [0.2, 0.25) is 5.02 Å². The highest BCUT2D eigenvalue weighted by molar-refractivity contribution is 6.33. The summed E-state index contributed by atoms with van der Waals surface area (Å²) >= 11 is 6.06. The lowest BCUT2D eigenvalue weighted by Crippen LogP contribution is -2.03. The third-order valence-corrected chi connectivity index (χ3v) is 3.16. The van der Waals surface area contributed by atoms with Gasteiger partial charge in [-0.05, 0) is 30.2 Å². The van der Waals surface area contributed by atoms with Crippen molar-refractivity contribution in [1.82, 2.24) is 0 Å². The fourth-order valence-electron chi connectivity index (χ4n) is 1.89. The zero-order valence-electron chi connectivity index (χ0n) is 10.7. The van der Waals surface area contributed by atoms with E-state index in [2.05, 4.69) is 5.32 Å². The van der Waals surface area contributed by atoms with Gasteiger partial charge in [-0.3, -0.25) is 10.1 Å². The summed E-state index contributed by atoms with van der Waals surface area (Å²) in [5.74, 6) is -0.633. The Balaban J connectivity index is 2.21. The van der Waals surface area contributed by atoms with Crippen LogP contribution in [0.25, 0.3) is 0 Å². The van der Waals surface area contributed by atoms with Crippen LogP contribution in [0, 0.1) is 22.9 Å². The second-order valence-corrected chi connectivity index (χ2v) is 4.77. The fraction of sp³-hybridized carbons (Fsp3) is 0.143. The Hall–Kier alpha value is -2.14. The van der Waals surface area contributed by atoms with Gasteiger partial charge < -0.3 is 5.32 Å². The van der Waals surface area contributed by atoms with Gasteiger partial charge in [0.15, 0.2) is 0 Å². The van der Waals surface area contributed by atoms with Crippen LogP contribution in [0.3, 0.4) is 0 Å². The molecule has 0 amide bonds. The smallest absolute Gasteiger partial charge is 0.272 e. The molecule has 0 fully saturated rings. The van der Waals surface area contributed by atoms with Gasteiger partial charge in [0.2, 0.25) is 0 Å². The van der Waals surface area contributed by atoms with Gasteiger partial charge in [-0.2, -0.15) is 0 Å². The Morgan fingerprint density at radius 3 is 2.75 bits per heavy atom. The first-order valence-electron chi connectivity index (χ1n) is 5.90. The van der Waals surface area contributed by atoms with E-state index in [4.69, 9.17) is 11.6 Å². The van der Waals surface area contributed by atoms with Crippen molar-refractivity contribution in [2.24, 2.45) is 0 Å². The molecule has 2 aromatic carbocycles. The lowest BCUT2D eigenvalue weighted by atomic mass is 10.1. The molecular weight excluding hydrogens is 283 g/mol. The largest absolute Gasteiger partial charge is 0.380 e. The molecule has 0 aliphatic heterocycles. The molecule has 104 valence electrons. The molecule has 0 aliphatic rings. The van der Waals surface area contributed by atoms with Crippen LogP contribution in [0.1, 0.15) is 11.1 Å². The van der Waals surface area contributed by atoms with E-state index in [-0.39, 0.29) is 12.2 Å². The maximum Gasteiger partial charge on any atom is 0.272 e. The number of benzene rings is 2. The van der Waals surface area contributed by atoms with E-state index in [1.807, 2.05) is 19.1 Å². The van der Waals surface area contributed by atoms with Crippen molar-refractivity contribution in [2.75, 3.05) is 5.32 Å². The molecule has 0 saturated heterocycles. The molecule has 0 aliphatic carbocycles. The van der Waals surface area contributed by atoms with Gasteiger partial charge in [0.25, 0.3) is 5.69 Å². The molecule has 0 radical (unpaired) electrons. The summed E-state index contributed by atoms with van der Waals surface area (Å²) in [6, 6.07) is 8.95. The van der Waals surface area contributed by atoms with Crippen LogP contribution in [-0.4, -0.2) is 4.92 Å². The van der Waals surface area contributed by atoms with Gasteiger partial charge in [0.1, 0.15) is 5.82 Å². The number of non-ortho nitro benzene ring substituents is 1. The summed E-state index contributed by atoms with van der Waals surface area (Å²) < 4.78 is 13.3. The zero-order valence-corrected chi connectivity index (χ0v) is 11.4. The molecule has 0 heterocycles. The van der Waals surface area contributed by atoms with E-state index < -0.39 is 10.7 Å². The molecule has 0 aromatic heterocycles. The lowest BCUT2D eigenvalue weighted by Gasteiger charge is -2.11. The van der Waals surface area contributed by atoms with E-state index in [0.29, 0.717) is 10.6 Å². The monoisotopic (exact) mass is 294 g/mol. The average molecular weight is 295 g/mol. The molecular formula is C14H12ClFN2O2. The number of aryl methyl sites for hydroxylation is 1. The number of nitro groups is 1. The summed E-state index contributed by atoms with van der Waals surface area (Å²) in [7, 11) is 0. The number of nitrogens with zero attached hydrogens (tertiary/aromatic N) is 1. The number of hydrogen-bond donors (Lipinski definition) is 1. The normalized spacial score (nSPS) is 10.3. The summed E-state index contributed by atoms with van der Waals surface area (Å²) in [4.78, 5) is 10.1. The molecule has 0 atom stereocenters. The van der Waals surface area contributed by atoms with Crippen molar-refractivity contribution < 1.29 is 9.31 Å². The molecule has 4 nitrogen and oxygen atoms in total. The molecule has 0 unspecified atom stereocenters. The average Bonchev–Trinajstić information content (AvgIpc) is 2.37. The van der Waals surface area contributed by atoms with Crippen molar-refractivity contribution in [1.29, 1.82) is 0 Å². The van der Waals surface area contributed by atoms with Crippen LogP contribution < -0.4 is 5.32 Å². The molecule has 1 N–H and O–H groups in total. The topological polar surface area (TPSA) is 55.2 Å². The second-order valence-electron chi connectivity index (χ2n) is 4.36. The quantitative estimate of drug-likeness (QED) is 0.675. The van der Waals surface area contributed by atoms with Crippen molar-refractivity contribution in [3.8, 4) is 0 Å². The minimum Gasteiger partial charge on any atom is -0.380 e. The summed E-state index contributed by atoms with van der Waals surface area (Å²) in [6.45, 7) is 2.14. The van der Waals surface area contributed by atoms with Gasteiger partial charge in [-0.1, -0.05) is 23.7 Å². The van der Waals surface area contributed by atoms with E-state index in [1.54, 1.807) is 6.07 Å². The van der Waals surface area contributed by atoms with Crippen LogP contribution in [0.15, 0.2) is 36.4 Å². The highest BCUT2D eigenvalue weighted by Gasteiger charge is 2.10. The van der Waals surface area contributed by atoms with E-state index >= 15 is 0 Å². The van der Waals surface area contributed by atoms with Crippen LogP contribution >= 0.6 is 11.6 Å². The minimum absolute atomic E-state index is 0.253. The number of rotatable bonds is 4. The number of nitro benzene ring substituents is 1. The first-order valence-corrected chi connectivity index (χ1v) is 6.28. The van der Waals surface area contributed by atoms with Crippen LogP contribution in [-0.2, 0) is 6.54 Å². The van der Waals surface area contributed by atoms with Crippen molar-refractivity contribution in [3.63, 3.8) is 0 Å². The number of halogens is 2. The SMILES string of the molecule is Cc1cccc(Cl)c1NCc1cc(F)cc([N+](=O)[O-])c1. The third kappa shape index (κ3) is 3.24. The van der Waals surface area contributed by atoms with E-state index in [9.17, 15) is 14.5 Å². The standard InChI is InChI=1S/C14H12ClFN2O2/c1-9-3-2-4-13(15)14(9)17-8-10-5-11(16)7-12(6-10)18(19)20/h2-7,17H,8H2,1H3. The molecule has 2 rings (SSSR count). The molecule has 0 bridgehead atoms. The van der Waals surface area contributed by atoms with Gasteiger partial charge in [0.05, 0.1) is 21.7 Å². The highest BCUT2D eigenvalue weighted by Crippen LogP contribution is 2.26. The fourth-order valence-corrected chi connectivity index (χ4v) is 2.18. The predicted octanol–water partition coefficient (Wildman–Crippen LogP) is 4.31. The number of nitrogens with one attached hydrogen (secondary N) is 1. The molecule has 6 heteroatoms. The highest BCUT2D eigenvalue weighted by atomic mass is 35.5. The maximum absolute atomic E-state index is 13.3. The Bertz CT molecular complexity index is 641. The Kier molecular flexibility index (Phi) is 4.20. The first kappa shape index (κ1) is 14.3. The number of hydrogen-bond acceptors (Lipinski definition) is 3. The van der Waals surface area contributed by atoms with Crippen molar-refractivity contribution >= 4 is 23.0 Å². The molecule has 2 aromatic rings. The number of para-hydroxylation sites is 1. The van der Waals surface area contributed by atoms with Crippen molar-refractivity contribution in [3.05, 3.63) is 68.5 Å². The maximum atomic E-state index is 13.3.